The maximum absolute atomic E-state index is 10.6. The summed E-state index contributed by atoms with van der Waals surface area (Å²) in [5, 5.41) is 10.6. The number of benzene rings is 1. The van der Waals surface area contributed by atoms with Gasteiger partial charge in [0, 0.05) is 0 Å². The lowest BCUT2D eigenvalue weighted by molar-refractivity contribution is 0.0223. The van der Waals surface area contributed by atoms with Crippen molar-refractivity contribution in [2.24, 2.45) is 0 Å². The Balaban J connectivity index is 1.73. The van der Waals surface area contributed by atoms with E-state index in [1.165, 1.54) is 51.4 Å². The molecule has 1 aromatic carbocycles. The van der Waals surface area contributed by atoms with Crippen LogP contribution in [0.4, 0.5) is 0 Å². The quantitative estimate of drug-likeness (QED) is 0.494. The number of aliphatic hydroxyl groups excluding tert-OH is 1. The Labute approximate surface area is 176 Å². The SMILES string of the molecule is CCCCCCCCCCCC(O)c1ccc2c(c1)OCCOCCOCCO2. The zero-order chi connectivity index (χ0) is 20.6. The second kappa shape index (κ2) is 15.5. The molecule has 1 aliphatic rings. The average Bonchev–Trinajstić information content (AvgIpc) is 2.73. The molecule has 0 aromatic heterocycles. The second-order valence-corrected chi connectivity index (χ2v) is 7.76. The smallest absolute Gasteiger partial charge is 0.161 e. The van der Waals surface area contributed by atoms with Crippen LogP contribution in [0.25, 0.3) is 0 Å². The summed E-state index contributed by atoms with van der Waals surface area (Å²) >= 11 is 0. The van der Waals surface area contributed by atoms with Crippen LogP contribution in [-0.2, 0) is 9.47 Å². The minimum atomic E-state index is -0.463. The summed E-state index contributed by atoms with van der Waals surface area (Å²) in [7, 11) is 0. The van der Waals surface area contributed by atoms with Gasteiger partial charge in [0.2, 0.25) is 0 Å². The standard InChI is InChI=1S/C24H40O5/c1-2-3-4-5-6-7-8-9-10-11-22(25)21-12-13-23-24(20-21)29-19-17-27-15-14-26-16-18-28-23/h12-13,20,22,25H,2-11,14-19H2,1H3. The van der Waals surface area contributed by atoms with Crippen LogP contribution in [0, 0.1) is 0 Å². The van der Waals surface area contributed by atoms with E-state index in [0.29, 0.717) is 51.1 Å². The fourth-order valence-corrected chi connectivity index (χ4v) is 3.52. The molecular weight excluding hydrogens is 368 g/mol. The number of ether oxygens (including phenoxy) is 4. The van der Waals surface area contributed by atoms with E-state index in [2.05, 4.69) is 6.92 Å². The van der Waals surface area contributed by atoms with Crippen molar-refractivity contribution >= 4 is 0 Å². The molecule has 0 aliphatic carbocycles. The Hall–Kier alpha value is -1.30. The third-order valence-electron chi connectivity index (χ3n) is 5.28. The first-order valence-electron chi connectivity index (χ1n) is 11.5. The second-order valence-electron chi connectivity index (χ2n) is 7.76. The molecule has 5 heteroatoms. The minimum absolute atomic E-state index is 0.453. The van der Waals surface area contributed by atoms with E-state index in [9.17, 15) is 5.11 Å². The first-order chi connectivity index (χ1) is 14.3. The van der Waals surface area contributed by atoms with Crippen LogP contribution in [0.2, 0.25) is 0 Å². The number of hydrogen-bond acceptors (Lipinski definition) is 5. The highest BCUT2D eigenvalue weighted by molar-refractivity contribution is 5.43. The maximum atomic E-state index is 10.6. The van der Waals surface area contributed by atoms with Crippen LogP contribution in [0.5, 0.6) is 11.5 Å². The van der Waals surface area contributed by atoms with Crippen molar-refractivity contribution in [2.45, 2.75) is 77.2 Å². The van der Waals surface area contributed by atoms with Gasteiger partial charge in [-0.1, -0.05) is 70.8 Å². The van der Waals surface area contributed by atoms with Crippen LogP contribution < -0.4 is 9.47 Å². The van der Waals surface area contributed by atoms with E-state index in [4.69, 9.17) is 18.9 Å². The fourth-order valence-electron chi connectivity index (χ4n) is 3.52. The number of hydrogen-bond donors (Lipinski definition) is 1. The Kier molecular flexibility index (Phi) is 12.8. The molecule has 0 bridgehead atoms. The molecule has 1 aromatic rings. The van der Waals surface area contributed by atoms with Gasteiger partial charge in [-0.3, -0.25) is 0 Å². The van der Waals surface area contributed by atoms with E-state index in [-0.39, 0.29) is 0 Å². The van der Waals surface area contributed by atoms with Crippen molar-refractivity contribution in [1.82, 2.24) is 0 Å². The normalized spacial score (nSPS) is 16.6. The summed E-state index contributed by atoms with van der Waals surface area (Å²) in [5.74, 6) is 1.35. The van der Waals surface area contributed by atoms with Gasteiger partial charge >= 0.3 is 0 Å². The highest BCUT2D eigenvalue weighted by Gasteiger charge is 2.13. The molecule has 166 valence electrons. The molecule has 0 amide bonds. The van der Waals surface area contributed by atoms with E-state index < -0.39 is 6.10 Å². The van der Waals surface area contributed by atoms with Gasteiger partial charge in [0.15, 0.2) is 11.5 Å². The summed E-state index contributed by atoms with van der Waals surface area (Å²) in [5.41, 5.74) is 0.885. The molecule has 0 spiro atoms. The van der Waals surface area contributed by atoms with Gasteiger partial charge in [-0.05, 0) is 24.1 Å². The van der Waals surface area contributed by atoms with E-state index >= 15 is 0 Å². The van der Waals surface area contributed by atoms with Gasteiger partial charge in [-0.15, -0.1) is 0 Å². The van der Waals surface area contributed by atoms with Crippen molar-refractivity contribution in [3.8, 4) is 11.5 Å². The van der Waals surface area contributed by atoms with Crippen molar-refractivity contribution in [2.75, 3.05) is 39.6 Å². The number of fused-ring (bicyclic) bond motifs is 1. The summed E-state index contributed by atoms with van der Waals surface area (Å²) in [6, 6.07) is 5.72. The van der Waals surface area contributed by atoms with Gasteiger partial charge in [0.25, 0.3) is 0 Å². The summed E-state index contributed by atoms with van der Waals surface area (Å²) in [6.07, 6.45) is 11.9. The Morgan fingerprint density at radius 1 is 0.724 bits per heavy atom. The van der Waals surface area contributed by atoms with Gasteiger partial charge in [-0.2, -0.15) is 0 Å². The van der Waals surface area contributed by atoms with Crippen LogP contribution in [0.1, 0.15) is 82.8 Å². The molecule has 2 rings (SSSR count). The molecule has 0 radical (unpaired) electrons. The van der Waals surface area contributed by atoms with Crippen molar-refractivity contribution in [3.63, 3.8) is 0 Å². The third kappa shape index (κ3) is 10.3. The predicted octanol–water partition coefficient (Wildman–Crippen LogP) is 5.45. The molecule has 1 N–H and O–H groups in total. The lowest BCUT2D eigenvalue weighted by Gasteiger charge is -2.17. The van der Waals surface area contributed by atoms with Crippen molar-refractivity contribution < 1.29 is 24.1 Å². The number of rotatable bonds is 11. The molecule has 1 atom stereocenters. The molecule has 0 saturated heterocycles. The van der Waals surface area contributed by atoms with Crippen molar-refractivity contribution in [1.29, 1.82) is 0 Å². The third-order valence-corrected chi connectivity index (χ3v) is 5.28. The lowest BCUT2D eigenvalue weighted by atomic mass is 10.0. The molecule has 1 heterocycles. The molecular formula is C24H40O5. The Morgan fingerprint density at radius 3 is 1.93 bits per heavy atom. The van der Waals surface area contributed by atoms with Crippen molar-refractivity contribution in [3.05, 3.63) is 23.8 Å². The first-order valence-corrected chi connectivity index (χ1v) is 11.5. The lowest BCUT2D eigenvalue weighted by Crippen LogP contribution is -2.16. The van der Waals surface area contributed by atoms with Gasteiger partial charge in [-0.25, -0.2) is 0 Å². The van der Waals surface area contributed by atoms with E-state index in [0.717, 1.165) is 18.4 Å². The zero-order valence-electron chi connectivity index (χ0n) is 18.2. The summed E-state index contributed by atoms with van der Waals surface area (Å²) < 4.78 is 22.6. The van der Waals surface area contributed by atoms with Crippen LogP contribution >= 0.6 is 0 Å². The fraction of sp³-hybridized carbons (Fsp3) is 0.750. The molecule has 1 unspecified atom stereocenters. The van der Waals surface area contributed by atoms with Gasteiger partial charge < -0.3 is 24.1 Å². The average molecular weight is 409 g/mol. The maximum Gasteiger partial charge on any atom is 0.161 e. The summed E-state index contributed by atoms with van der Waals surface area (Å²) in [4.78, 5) is 0. The van der Waals surface area contributed by atoms with E-state index in [1.807, 2.05) is 18.2 Å². The Bertz CT molecular complexity index is 534. The molecule has 29 heavy (non-hydrogen) atoms. The summed E-state index contributed by atoms with van der Waals surface area (Å²) in [6.45, 7) is 5.34. The predicted molar refractivity (Wildman–Crippen MR) is 116 cm³/mol. The largest absolute Gasteiger partial charge is 0.487 e. The van der Waals surface area contributed by atoms with Crippen LogP contribution in [-0.4, -0.2) is 44.7 Å². The highest BCUT2D eigenvalue weighted by atomic mass is 16.6. The molecule has 1 aliphatic heterocycles. The highest BCUT2D eigenvalue weighted by Crippen LogP contribution is 2.32. The molecule has 0 fully saturated rings. The topological polar surface area (TPSA) is 57.2 Å². The Morgan fingerprint density at radius 2 is 1.28 bits per heavy atom. The van der Waals surface area contributed by atoms with E-state index in [1.54, 1.807) is 0 Å². The minimum Gasteiger partial charge on any atom is -0.487 e. The number of unbranched alkanes of at least 4 members (excludes halogenated alkanes) is 8. The molecule has 0 saturated carbocycles. The van der Waals surface area contributed by atoms with Crippen LogP contribution in [0.3, 0.4) is 0 Å². The number of aliphatic hydroxyl groups is 1. The van der Waals surface area contributed by atoms with Crippen LogP contribution in [0.15, 0.2) is 18.2 Å². The molecule has 5 nitrogen and oxygen atoms in total. The van der Waals surface area contributed by atoms with Gasteiger partial charge in [0.05, 0.1) is 32.5 Å². The monoisotopic (exact) mass is 408 g/mol. The van der Waals surface area contributed by atoms with Gasteiger partial charge in [0.1, 0.15) is 13.2 Å². The zero-order valence-corrected chi connectivity index (χ0v) is 18.2. The first kappa shape index (κ1) is 24.0.